The number of nitrogens with zero attached hydrogens (tertiary/aromatic N) is 2. The first-order valence-electron chi connectivity index (χ1n) is 11.5. The van der Waals surface area contributed by atoms with Crippen LogP contribution in [0.25, 0.3) is 0 Å². The number of ether oxygens (including phenoxy) is 2. The number of hydrogen-bond donors (Lipinski definition) is 2. The quantitative estimate of drug-likeness (QED) is 0.296. The fourth-order valence-electron chi connectivity index (χ4n) is 3.16. The highest BCUT2D eigenvalue weighted by Gasteiger charge is 2.14. The zero-order valence-electron chi connectivity index (χ0n) is 19.8. The highest BCUT2D eigenvalue weighted by Crippen LogP contribution is 2.17. The van der Waals surface area contributed by atoms with Gasteiger partial charge in [0.05, 0.1) is 6.61 Å². The molecule has 36 heavy (non-hydrogen) atoms. The maximum absolute atomic E-state index is 12.5. The van der Waals surface area contributed by atoms with Gasteiger partial charge in [-0.2, -0.15) is 0 Å². The zero-order chi connectivity index (χ0) is 25.2. The fourth-order valence-corrected chi connectivity index (χ4v) is 3.81. The van der Waals surface area contributed by atoms with Crippen LogP contribution in [0.2, 0.25) is 0 Å². The number of amides is 2. The molecule has 1 aromatic heterocycles. The Morgan fingerprint density at radius 3 is 2.28 bits per heavy atom. The second-order valence-electron chi connectivity index (χ2n) is 7.81. The average molecular weight is 503 g/mol. The number of carbonyl (C=O) groups is 2. The molecule has 0 unspecified atom stereocenters. The van der Waals surface area contributed by atoms with Crippen LogP contribution in [0, 0.1) is 0 Å². The summed E-state index contributed by atoms with van der Waals surface area (Å²) in [7, 11) is 0. The largest absolute Gasteiger partial charge is 0.494 e. The van der Waals surface area contributed by atoms with Crippen molar-refractivity contribution >= 4 is 28.8 Å². The summed E-state index contributed by atoms with van der Waals surface area (Å²) in [6, 6.07) is 23.7. The van der Waals surface area contributed by atoms with Crippen LogP contribution < -0.4 is 20.1 Å². The number of nitrogens with one attached hydrogen (secondary N) is 2. The predicted molar refractivity (Wildman–Crippen MR) is 138 cm³/mol. The molecule has 0 aliphatic heterocycles. The molecule has 0 aliphatic carbocycles. The van der Waals surface area contributed by atoms with Crippen LogP contribution in [0.4, 0.5) is 5.69 Å². The third-order valence-electron chi connectivity index (χ3n) is 5.02. The topological polar surface area (TPSA) is 102 Å². The molecule has 3 aromatic carbocycles. The maximum atomic E-state index is 12.5. The van der Waals surface area contributed by atoms with Gasteiger partial charge in [-0.15, -0.1) is 10.2 Å². The van der Waals surface area contributed by atoms with Crippen molar-refractivity contribution in [1.82, 2.24) is 15.5 Å². The second-order valence-corrected chi connectivity index (χ2v) is 8.87. The Morgan fingerprint density at radius 1 is 0.833 bits per heavy atom. The third kappa shape index (κ3) is 7.13. The Balaban J connectivity index is 1.25. The minimum atomic E-state index is -0.373. The summed E-state index contributed by atoms with van der Waals surface area (Å²) in [6.07, 6.45) is 0.952. The van der Waals surface area contributed by atoms with Crippen molar-refractivity contribution in [2.24, 2.45) is 0 Å². The maximum Gasteiger partial charge on any atom is 0.286 e. The molecule has 2 amide bonds. The van der Waals surface area contributed by atoms with Gasteiger partial charge < -0.3 is 20.1 Å². The lowest BCUT2D eigenvalue weighted by molar-refractivity contribution is 0.0950. The van der Waals surface area contributed by atoms with E-state index in [2.05, 4.69) is 27.8 Å². The first-order valence-corrected chi connectivity index (χ1v) is 12.3. The molecule has 0 saturated carbocycles. The van der Waals surface area contributed by atoms with Gasteiger partial charge in [0.2, 0.25) is 5.01 Å². The van der Waals surface area contributed by atoms with Crippen molar-refractivity contribution in [1.29, 1.82) is 0 Å². The summed E-state index contributed by atoms with van der Waals surface area (Å²) < 4.78 is 11.2. The van der Waals surface area contributed by atoms with Crippen LogP contribution in [0.15, 0.2) is 78.9 Å². The monoisotopic (exact) mass is 502 g/mol. The van der Waals surface area contributed by atoms with Crippen LogP contribution in [0.3, 0.4) is 0 Å². The smallest absolute Gasteiger partial charge is 0.286 e. The molecule has 184 valence electrons. The van der Waals surface area contributed by atoms with E-state index in [4.69, 9.17) is 9.47 Å². The summed E-state index contributed by atoms with van der Waals surface area (Å²) in [6.45, 7) is 3.37. The number of aromatic nitrogens is 2. The van der Waals surface area contributed by atoms with Crippen molar-refractivity contribution < 1.29 is 19.1 Å². The average Bonchev–Trinajstić information content (AvgIpc) is 3.40. The van der Waals surface area contributed by atoms with E-state index >= 15 is 0 Å². The molecule has 0 fully saturated rings. The standard InChI is InChI=1S/C27H26N4O4S/c1-2-16-34-23-14-8-19(9-15-23)17-28-25(32)20-10-12-21(13-11-20)29-26(33)27-31-30-24(36-27)18-35-22-6-4-3-5-7-22/h3-15H,2,16-18H2,1H3,(H,28,32)(H,29,33). The Morgan fingerprint density at radius 2 is 1.56 bits per heavy atom. The van der Waals surface area contributed by atoms with Gasteiger partial charge in [0.1, 0.15) is 18.1 Å². The SMILES string of the molecule is CCCOc1ccc(CNC(=O)c2ccc(NC(=O)c3nnc(COc4ccccc4)s3)cc2)cc1. The molecule has 0 aliphatic rings. The van der Waals surface area contributed by atoms with Crippen molar-refractivity contribution in [3.63, 3.8) is 0 Å². The summed E-state index contributed by atoms with van der Waals surface area (Å²) in [5.74, 6) is 0.959. The zero-order valence-corrected chi connectivity index (χ0v) is 20.6. The molecule has 9 heteroatoms. The van der Waals surface area contributed by atoms with E-state index in [1.807, 2.05) is 54.6 Å². The molecule has 4 aromatic rings. The van der Waals surface area contributed by atoms with E-state index in [0.717, 1.165) is 23.5 Å². The first kappa shape index (κ1) is 24.9. The number of anilines is 1. The fraction of sp³-hybridized carbons (Fsp3) is 0.185. The molecule has 8 nitrogen and oxygen atoms in total. The molecule has 0 saturated heterocycles. The number of carbonyl (C=O) groups excluding carboxylic acids is 2. The van der Waals surface area contributed by atoms with E-state index in [9.17, 15) is 9.59 Å². The molecule has 0 atom stereocenters. The van der Waals surface area contributed by atoms with Crippen LogP contribution in [-0.4, -0.2) is 28.6 Å². The van der Waals surface area contributed by atoms with Crippen molar-refractivity contribution in [3.8, 4) is 11.5 Å². The van der Waals surface area contributed by atoms with Gasteiger partial charge in [-0.05, 0) is 60.5 Å². The van der Waals surface area contributed by atoms with Crippen molar-refractivity contribution in [2.45, 2.75) is 26.5 Å². The minimum Gasteiger partial charge on any atom is -0.494 e. The van der Waals surface area contributed by atoms with Crippen molar-refractivity contribution in [2.75, 3.05) is 11.9 Å². The highest BCUT2D eigenvalue weighted by atomic mass is 32.1. The van der Waals surface area contributed by atoms with Gasteiger partial charge in [-0.25, -0.2) is 0 Å². The number of benzene rings is 3. The molecular formula is C27H26N4O4S. The Hall–Kier alpha value is -4.24. The highest BCUT2D eigenvalue weighted by molar-refractivity contribution is 7.13. The van der Waals surface area contributed by atoms with Gasteiger partial charge in [0, 0.05) is 17.8 Å². The van der Waals surface area contributed by atoms with Crippen LogP contribution >= 0.6 is 11.3 Å². The molecule has 2 N–H and O–H groups in total. The Bertz CT molecular complexity index is 1280. The normalized spacial score (nSPS) is 10.5. The van der Waals surface area contributed by atoms with Gasteiger partial charge in [-0.3, -0.25) is 9.59 Å². The Labute approximate surface area is 213 Å². The summed E-state index contributed by atoms with van der Waals surface area (Å²) >= 11 is 1.17. The molecule has 4 rings (SSSR count). The second kappa shape index (κ2) is 12.5. The molecule has 0 bridgehead atoms. The summed E-state index contributed by atoms with van der Waals surface area (Å²) in [5, 5.41) is 14.5. The van der Waals surface area contributed by atoms with E-state index in [-0.39, 0.29) is 23.4 Å². The Kier molecular flexibility index (Phi) is 8.61. The summed E-state index contributed by atoms with van der Waals surface area (Å²) in [5.41, 5.74) is 2.02. The van der Waals surface area contributed by atoms with Crippen LogP contribution in [-0.2, 0) is 13.2 Å². The number of hydrogen-bond acceptors (Lipinski definition) is 7. The van der Waals surface area contributed by atoms with Gasteiger partial charge in [-0.1, -0.05) is 48.6 Å². The molecule has 1 heterocycles. The molecular weight excluding hydrogens is 476 g/mol. The third-order valence-corrected chi connectivity index (χ3v) is 5.92. The van der Waals surface area contributed by atoms with Gasteiger partial charge >= 0.3 is 0 Å². The van der Waals surface area contributed by atoms with Gasteiger partial charge in [0.25, 0.3) is 11.8 Å². The molecule has 0 radical (unpaired) electrons. The van der Waals surface area contributed by atoms with Gasteiger partial charge in [0.15, 0.2) is 5.01 Å². The van der Waals surface area contributed by atoms with E-state index in [1.54, 1.807) is 24.3 Å². The summed E-state index contributed by atoms with van der Waals surface area (Å²) in [4.78, 5) is 25.0. The lowest BCUT2D eigenvalue weighted by Gasteiger charge is -2.08. The number of para-hydroxylation sites is 1. The molecule has 0 spiro atoms. The predicted octanol–water partition coefficient (Wildman–Crippen LogP) is 5.09. The lowest BCUT2D eigenvalue weighted by atomic mass is 10.1. The van der Waals surface area contributed by atoms with Crippen molar-refractivity contribution in [3.05, 3.63) is 100 Å². The minimum absolute atomic E-state index is 0.202. The number of rotatable bonds is 11. The van der Waals surface area contributed by atoms with E-state index < -0.39 is 0 Å². The van der Waals surface area contributed by atoms with Crippen LogP contribution in [0.5, 0.6) is 11.5 Å². The lowest BCUT2D eigenvalue weighted by Crippen LogP contribution is -2.22. The van der Waals surface area contributed by atoms with E-state index in [0.29, 0.717) is 29.4 Å². The van der Waals surface area contributed by atoms with Crippen LogP contribution in [0.1, 0.15) is 44.1 Å². The van der Waals surface area contributed by atoms with E-state index in [1.165, 1.54) is 11.3 Å². The first-order chi connectivity index (χ1) is 17.6.